The highest BCUT2D eigenvalue weighted by Crippen LogP contribution is 2.49. The molecule has 0 fully saturated rings. The Bertz CT molecular complexity index is 894. The smallest absolute Gasteiger partial charge is 0.231 e. The van der Waals surface area contributed by atoms with Crippen LogP contribution in [0.1, 0.15) is 28.3 Å². The van der Waals surface area contributed by atoms with Crippen molar-refractivity contribution in [3.8, 4) is 23.0 Å². The van der Waals surface area contributed by atoms with Gasteiger partial charge in [0.25, 0.3) is 0 Å². The molecule has 5 heteroatoms. The fraction of sp³-hybridized carbons (Fsp3) is 0.429. The Morgan fingerprint density at radius 2 is 1.85 bits per heavy atom. The number of ether oxygens (including phenoxy) is 4. The molecule has 1 unspecified atom stereocenters. The minimum atomic E-state index is 0.328. The molecule has 5 rings (SSSR count). The van der Waals surface area contributed by atoms with Gasteiger partial charge in [-0.1, -0.05) is 6.07 Å². The van der Waals surface area contributed by atoms with E-state index in [2.05, 4.69) is 25.2 Å². The summed E-state index contributed by atoms with van der Waals surface area (Å²) in [6.07, 6.45) is 2.05. The third kappa shape index (κ3) is 2.13. The van der Waals surface area contributed by atoms with Crippen molar-refractivity contribution < 1.29 is 23.4 Å². The predicted octanol–water partition coefficient (Wildman–Crippen LogP) is 3.23. The Morgan fingerprint density at radius 1 is 1.04 bits per heavy atom. The summed E-state index contributed by atoms with van der Waals surface area (Å²) in [7, 11) is 5.79. The van der Waals surface area contributed by atoms with E-state index < -0.39 is 0 Å². The van der Waals surface area contributed by atoms with Crippen LogP contribution >= 0.6 is 0 Å². The van der Waals surface area contributed by atoms with Crippen LogP contribution in [0.25, 0.3) is 0 Å². The normalized spacial score (nSPS) is 25.1. The van der Waals surface area contributed by atoms with E-state index in [1.165, 1.54) is 22.3 Å². The van der Waals surface area contributed by atoms with Gasteiger partial charge < -0.3 is 23.4 Å². The molecule has 0 aliphatic carbocycles. The van der Waals surface area contributed by atoms with Gasteiger partial charge in [-0.2, -0.15) is 0 Å². The highest BCUT2D eigenvalue weighted by molar-refractivity contribution is 5.54. The second-order valence-electron chi connectivity index (χ2n) is 7.67. The zero-order valence-electron chi connectivity index (χ0n) is 15.5. The number of fused-ring (bicyclic) bond motifs is 5. The largest absolute Gasteiger partial charge is 0.493 e. The number of hydrogen-bond acceptors (Lipinski definition) is 4. The summed E-state index contributed by atoms with van der Waals surface area (Å²) >= 11 is 0. The Balaban J connectivity index is 1.62. The molecule has 26 heavy (non-hydrogen) atoms. The van der Waals surface area contributed by atoms with E-state index >= 15 is 0 Å². The topological polar surface area (TPSA) is 36.9 Å². The zero-order chi connectivity index (χ0) is 17.9. The first-order valence-electron chi connectivity index (χ1n) is 9.12. The van der Waals surface area contributed by atoms with E-state index in [1.54, 1.807) is 14.2 Å². The van der Waals surface area contributed by atoms with Crippen LogP contribution in [-0.2, 0) is 19.4 Å². The molecule has 3 aliphatic heterocycles. The van der Waals surface area contributed by atoms with Crippen LogP contribution in [0.2, 0.25) is 0 Å². The molecule has 2 aromatic rings. The third-order valence-corrected chi connectivity index (χ3v) is 6.32. The van der Waals surface area contributed by atoms with Gasteiger partial charge in [0.15, 0.2) is 23.0 Å². The van der Waals surface area contributed by atoms with Gasteiger partial charge in [-0.3, -0.25) is 0 Å². The maximum absolute atomic E-state index is 5.72. The quantitative estimate of drug-likeness (QED) is 0.776. The summed E-state index contributed by atoms with van der Waals surface area (Å²) in [6, 6.07) is 9.05. The molecule has 0 bridgehead atoms. The van der Waals surface area contributed by atoms with Crippen LogP contribution in [-0.4, -0.2) is 39.1 Å². The summed E-state index contributed by atoms with van der Waals surface area (Å²) in [5, 5.41) is 0. The number of benzene rings is 2. The number of likely N-dealkylation sites (N-methyl/N-ethyl adjacent to an activating group) is 1. The first-order valence-corrected chi connectivity index (χ1v) is 9.12. The van der Waals surface area contributed by atoms with Crippen molar-refractivity contribution in [2.45, 2.75) is 25.4 Å². The van der Waals surface area contributed by atoms with Crippen molar-refractivity contribution in [2.75, 3.05) is 34.6 Å². The van der Waals surface area contributed by atoms with Crippen molar-refractivity contribution >= 4 is 0 Å². The van der Waals surface area contributed by atoms with Crippen molar-refractivity contribution in [3.05, 3.63) is 46.5 Å². The van der Waals surface area contributed by atoms with E-state index in [4.69, 9.17) is 18.9 Å². The zero-order valence-corrected chi connectivity index (χ0v) is 15.5. The Kier molecular flexibility index (Phi) is 3.38. The molecule has 0 radical (unpaired) electrons. The lowest BCUT2D eigenvalue weighted by Crippen LogP contribution is -2.53. The van der Waals surface area contributed by atoms with Crippen LogP contribution in [0, 0.1) is 0 Å². The van der Waals surface area contributed by atoms with Crippen molar-refractivity contribution in [3.63, 3.8) is 0 Å². The molecule has 0 N–H and O–H groups in total. The van der Waals surface area contributed by atoms with Gasteiger partial charge in [-0.15, -0.1) is 0 Å². The number of methoxy groups -OCH3 is 2. The van der Waals surface area contributed by atoms with Gasteiger partial charge in [0, 0.05) is 18.4 Å². The lowest BCUT2D eigenvalue weighted by atomic mass is 9.81. The van der Waals surface area contributed by atoms with E-state index in [0.29, 0.717) is 12.8 Å². The molecule has 0 amide bonds. The van der Waals surface area contributed by atoms with Crippen LogP contribution < -0.4 is 18.9 Å². The van der Waals surface area contributed by atoms with Gasteiger partial charge >= 0.3 is 0 Å². The SMILES string of the molecule is COc1ccc2c(c1OC)C[N+]1(C)CCc3cc4c(cc3[C@@H]1C2)OCO4. The monoisotopic (exact) mass is 354 g/mol. The minimum Gasteiger partial charge on any atom is -0.493 e. The maximum atomic E-state index is 5.72. The first kappa shape index (κ1) is 15.8. The molecule has 3 aliphatic rings. The van der Waals surface area contributed by atoms with Crippen LogP contribution in [0.5, 0.6) is 23.0 Å². The average Bonchev–Trinajstić information content (AvgIpc) is 3.11. The molecule has 3 heterocycles. The van der Waals surface area contributed by atoms with E-state index in [1.807, 2.05) is 6.07 Å². The number of rotatable bonds is 2. The van der Waals surface area contributed by atoms with Gasteiger partial charge in [0.05, 0.1) is 33.4 Å². The van der Waals surface area contributed by atoms with Crippen LogP contribution in [0.3, 0.4) is 0 Å². The standard InChI is InChI=1S/C21H24NO4/c1-22-7-6-14-9-19-20(26-12-25-19)10-15(14)17(22)8-13-4-5-18(23-2)21(24-3)16(13)11-22/h4-5,9-10,17H,6-8,11-12H2,1-3H3/q+1/t17-,22?/m0/s1. The minimum absolute atomic E-state index is 0.328. The molecule has 2 aromatic carbocycles. The molecule has 0 spiro atoms. The lowest BCUT2D eigenvalue weighted by molar-refractivity contribution is -0.956. The van der Waals surface area contributed by atoms with E-state index in [0.717, 1.165) is 53.4 Å². The Hall–Kier alpha value is -2.40. The van der Waals surface area contributed by atoms with Crippen LogP contribution in [0.15, 0.2) is 24.3 Å². The van der Waals surface area contributed by atoms with Crippen molar-refractivity contribution in [1.29, 1.82) is 0 Å². The molecular formula is C21H24NO4+. The molecule has 0 saturated carbocycles. The first-order chi connectivity index (χ1) is 12.6. The maximum Gasteiger partial charge on any atom is 0.231 e. The molecular weight excluding hydrogens is 330 g/mol. The van der Waals surface area contributed by atoms with Gasteiger partial charge in [0.2, 0.25) is 6.79 Å². The number of quaternary nitrogens is 1. The number of nitrogens with zero attached hydrogens (tertiary/aromatic N) is 1. The van der Waals surface area contributed by atoms with Gasteiger partial charge in [-0.25, -0.2) is 0 Å². The average molecular weight is 354 g/mol. The molecule has 2 atom stereocenters. The highest BCUT2D eigenvalue weighted by Gasteiger charge is 2.45. The summed E-state index contributed by atoms with van der Waals surface area (Å²) in [5.41, 5.74) is 5.45. The van der Waals surface area contributed by atoms with Crippen molar-refractivity contribution in [1.82, 2.24) is 0 Å². The summed E-state index contributed by atoms with van der Waals surface area (Å²) in [6.45, 7) is 2.39. The summed E-state index contributed by atoms with van der Waals surface area (Å²) in [4.78, 5) is 0. The fourth-order valence-corrected chi connectivity index (χ4v) is 4.88. The molecule has 0 aromatic heterocycles. The van der Waals surface area contributed by atoms with Crippen LogP contribution in [0.4, 0.5) is 0 Å². The third-order valence-electron chi connectivity index (χ3n) is 6.32. The van der Waals surface area contributed by atoms with E-state index in [-0.39, 0.29) is 0 Å². The fourth-order valence-electron chi connectivity index (χ4n) is 4.88. The Labute approximate surface area is 153 Å². The van der Waals surface area contributed by atoms with E-state index in [9.17, 15) is 0 Å². The molecule has 5 nitrogen and oxygen atoms in total. The Morgan fingerprint density at radius 3 is 2.62 bits per heavy atom. The predicted molar refractivity (Wildman–Crippen MR) is 97.0 cm³/mol. The second kappa shape index (κ2) is 5.55. The highest BCUT2D eigenvalue weighted by atomic mass is 16.7. The van der Waals surface area contributed by atoms with Crippen molar-refractivity contribution in [2.24, 2.45) is 0 Å². The lowest BCUT2D eigenvalue weighted by Gasteiger charge is -2.49. The molecule has 136 valence electrons. The molecule has 0 saturated heterocycles. The van der Waals surface area contributed by atoms with Gasteiger partial charge in [0.1, 0.15) is 12.6 Å². The number of hydrogen-bond donors (Lipinski definition) is 0. The summed E-state index contributed by atoms with van der Waals surface area (Å²) in [5.74, 6) is 3.48. The van der Waals surface area contributed by atoms with Gasteiger partial charge in [-0.05, 0) is 29.3 Å². The second-order valence-corrected chi connectivity index (χ2v) is 7.67. The summed E-state index contributed by atoms with van der Waals surface area (Å²) < 4.78 is 23.5.